The molecule has 1 heterocycles. The summed E-state index contributed by atoms with van der Waals surface area (Å²) in [6.07, 6.45) is 0. The maximum atomic E-state index is 11.2. The number of nitrogens with two attached hydrogens (primary N) is 1. The van der Waals surface area contributed by atoms with Crippen LogP contribution in [0.15, 0.2) is 16.9 Å². The van der Waals surface area contributed by atoms with Gasteiger partial charge in [-0.2, -0.15) is 5.10 Å². The highest BCUT2D eigenvalue weighted by Crippen LogP contribution is 1.87. The van der Waals surface area contributed by atoms with Crippen LogP contribution >= 0.6 is 12.2 Å². The monoisotopic (exact) mass is 212 g/mol. The summed E-state index contributed by atoms with van der Waals surface area (Å²) < 4.78 is 0. The van der Waals surface area contributed by atoms with Crippen molar-refractivity contribution in [3.05, 3.63) is 28.2 Å². The number of rotatable bonds is 3. The van der Waals surface area contributed by atoms with E-state index in [2.05, 4.69) is 27.7 Å². The first-order valence-corrected chi connectivity index (χ1v) is 4.12. The van der Waals surface area contributed by atoms with E-state index < -0.39 is 5.91 Å². The van der Waals surface area contributed by atoms with Gasteiger partial charge < -0.3 is 11.1 Å². The van der Waals surface area contributed by atoms with Crippen LogP contribution in [0.5, 0.6) is 0 Å². The van der Waals surface area contributed by atoms with E-state index in [0.29, 0.717) is 0 Å². The summed E-state index contributed by atoms with van der Waals surface area (Å²) in [7, 11) is 0. The van der Waals surface area contributed by atoms with Crippen LogP contribution in [-0.2, 0) is 0 Å². The quantitative estimate of drug-likeness (QED) is 0.545. The molecule has 0 saturated carbocycles. The van der Waals surface area contributed by atoms with Gasteiger partial charge in [-0.05, 0) is 6.07 Å². The molecule has 0 aromatic carbocycles. The lowest BCUT2D eigenvalue weighted by atomic mass is 10.3. The van der Waals surface area contributed by atoms with E-state index in [1.54, 1.807) is 0 Å². The van der Waals surface area contributed by atoms with Crippen LogP contribution in [0.25, 0.3) is 0 Å². The average molecular weight is 212 g/mol. The van der Waals surface area contributed by atoms with E-state index in [1.807, 2.05) is 0 Å². The third kappa shape index (κ3) is 2.94. The number of aromatic amines is 1. The van der Waals surface area contributed by atoms with Crippen molar-refractivity contribution in [3.8, 4) is 0 Å². The number of carbonyl (C=O) groups is 1. The third-order valence-electron chi connectivity index (χ3n) is 1.33. The molecule has 0 atom stereocenters. The van der Waals surface area contributed by atoms with E-state index in [1.165, 1.54) is 12.1 Å². The largest absolute Gasteiger partial charge is 0.392 e. The van der Waals surface area contributed by atoms with Gasteiger partial charge >= 0.3 is 0 Å². The third-order valence-corrected chi connectivity index (χ3v) is 1.48. The molecule has 1 rings (SSSR count). The second-order valence-electron chi connectivity index (χ2n) is 2.46. The second-order valence-corrected chi connectivity index (χ2v) is 2.98. The maximum absolute atomic E-state index is 11.2. The van der Waals surface area contributed by atoms with Gasteiger partial charge in [0.2, 0.25) is 0 Å². The molecule has 74 valence electrons. The molecule has 0 fully saturated rings. The van der Waals surface area contributed by atoms with Crippen molar-refractivity contribution in [1.29, 1.82) is 0 Å². The van der Waals surface area contributed by atoms with Gasteiger partial charge in [0.25, 0.3) is 11.5 Å². The van der Waals surface area contributed by atoms with Gasteiger partial charge in [-0.15, -0.1) is 0 Å². The van der Waals surface area contributed by atoms with Crippen molar-refractivity contribution in [2.24, 2.45) is 5.73 Å². The predicted molar refractivity (Wildman–Crippen MR) is 54.0 cm³/mol. The van der Waals surface area contributed by atoms with Gasteiger partial charge in [0, 0.05) is 6.07 Å². The number of nitrogens with zero attached hydrogens (tertiary/aromatic N) is 1. The molecule has 1 aromatic heterocycles. The summed E-state index contributed by atoms with van der Waals surface area (Å²) in [6, 6.07) is 2.52. The summed E-state index contributed by atoms with van der Waals surface area (Å²) in [5.41, 5.74) is 4.93. The van der Waals surface area contributed by atoms with Crippen LogP contribution in [0.2, 0.25) is 0 Å². The van der Waals surface area contributed by atoms with Crippen LogP contribution in [0.3, 0.4) is 0 Å². The van der Waals surface area contributed by atoms with Gasteiger partial charge in [0.05, 0.1) is 11.5 Å². The number of aromatic nitrogens is 2. The molecule has 1 amide bonds. The fourth-order valence-corrected chi connectivity index (χ4v) is 0.801. The van der Waals surface area contributed by atoms with E-state index in [9.17, 15) is 9.59 Å². The van der Waals surface area contributed by atoms with Gasteiger partial charge in [0.15, 0.2) is 0 Å². The smallest absolute Gasteiger partial charge is 0.272 e. The fraction of sp³-hybridized carbons (Fsp3) is 0.143. The summed E-state index contributed by atoms with van der Waals surface area (Å²) >= 11 is 4.57. The zero-order valence-corrected chi connectivity index (χ0v) is 7.93. The van der Waals surface area contributed by atoms with E-state index in [4.69, 9.17) is 5.73 Å². The van der Waals surface area contributed by atoms with Crippen molar-refractivity contribution >= 4 is 23.1 Å². The molecule has 4 N–H and O–H groups in total. The zero-order chi connectivity index (χ0) is 10.6. The summed E-state index contributed by atoms with van der Waals surface area (Å²) in [6.45, 7) is 0.106. The molecule has 0 aliphatic rings. The number of hydrogen-bond donors (Lipinski definition) is 3. The Morgan fingerprint density at radius 2 is 2.36 bits per heavy atom. The molecule has 7 heteroatoms. The molecule has 0 aliphatic heterocycles. The van der Waals surface area contributed by atoms with Gasteiger partial charge in [-0.25, -0.2) is 5.10 Å². The summed E-state index contributed by atoms with van der Waals surface area (Å²) in [5, 5.41) is 8.09. The van der Waals surface area contributed by atoms with Gasteiger partial charge in [0.1, 0.15) is 5.69 Å². The van der Waals surface area contributed by atoms with Gasteiger partial charge in [-0.1, -0.05) is 12.2 Å². The Morgan fingerprint density at radius 1 is 1.64 bits per heavy atom. The van der Waals surface area contributed by atoms with Crippen LogP contribution in [0.4, 0.5) is 0 Å². The highest BCUT2D eigenvalue weighted by atomic mass is 32.1. The Bertz CT molecular complexity index is 394. The Hall–Kier alpha value is -1.76. The lowest BCUT2D eigenvalue weighted by Gasteiger charge is -2.01. The Balaban J connectivity index is 2.65. The molecule has 0 spiro atoms. The van der Waals surface area contributed by atoms with Crippen LogP contribution in [-0.4, -0.2) is 27.6 Å². The first-order valence-electron chi connectivity index (χ1n) is 3.72. The summed E-state index contributed by atoms with van der Waals surface area (Å²) in [5.74, 6) is -0.436. The standard InChI is InChI=1S/C7H8N4O2S/c8-5(14)3-9-7(13)4-1-2-6(12)11-10-4/h1-2H,3H2,(H2,8,14)(H,9,13)(H,11,12). The minimum Gasteiger partial charge on any atom is -0.392 e. The minimum atomic E-state index is -0.436. The van der Waals surface area contributed by atoms with E-state index in [-0.39, 0.29) is 22.8 Å². The Labute approximate surface area is 84.5 Å². The molecular formula is C7H8N4O2S. The number of nitrogens with one attached hydrogen (secondary N) is 2. The number of carbonyl (C=O) groups excluding carboxylic acids is 1. The lowest BCUT2D eigenvalue weighted by Crippen LogP contribution is -2.33. The number of H-pyrrole nitrogens is 1. The van der Waals surface area contributed by atoms with Crippen molar-refractivity contribution in [2.45, 2.75) is 0 Å². The molecule has 0 bridgehead atoms. The van der Waals surface area contributed by atoms with Crippen molar-refractivity contribution in [3.63, 3.8) is 0 Å². The maximum Gasteiger partial charge on any atom is 0.272 e. The number of thiocarbonyl (C=S) groups is 1. The molecule has 1 aromatic rings. The molecule has 0 aliphatic carbocycles. The minimum absolute atomic E-state index is 0.106. The second kappa shape index (κ2) is 4.47. The first-order chi connectivity index (χ1) is 6.59. The normalized spacial score (nSPS) is 9.43. The van der Waals surface area contributed by atoms with Crippen LogP contribution in [0, 0.1) is 0 Å². The fourth-order valence-electron chi connectivity index (χ4n) is 0.729. The Morgan fingerprint density at radius 3 is 2.86 bits per heavy atom. The van der Waals surface area contributed by atoms with Crippen LogP contribution in [0.1, 0.15) is 10.5 Å². The molecule has 14 heavy (non-hydrogen) atoms. The topological polar surface area (TPSA) is 101 Å². The van der Waals surface area contributed by atoms with Crippen molar-refractivity contribution in [2.75, 3.05) is 6.54 Å². The predicted octanol–water partition coefficient (Wildman–Crippen LogP) is -1.21. The number of hydrogen-bond acceptors (Lipinski definition) is 4. The van der Waals surface area contributed by atoms with E-state index in [0.717, 1.165) is 0 Å². The SMILES string of the molecule is NC(=S)CNC(=O)c1ccc(=O)[nH]n1. The van der Waals surface area contributed by atoms with Crippen LogP contribution < -0.4 is 16.6 Å². The summed E-state index contributed by atoms with van der Waals surface area (Å²) in [4.78, 5) is 22.1. The number of amides is 1. The molecular weight excluding hydrogens is 204 g/mol. The van der Waals surface area contributed by atoms with E-state index >= 15 is 0 Å². The zero-order valence-electron chi connectivity index (χ0n) is 7.11. The molecule has 0 saturated heterocycles. The lowest BCUT2D eigenvalue weighted by molar-refractivity contribution is 0.0953. The first kappa shape index (κ1) is 10.3. The molecule has 0 radical (unpaired) electrons. The highest BCUT2D eigenvalue weighted by molar-refractivity contribution is 7.80. The molecule has 6 nitrogen and oxygen atoms in total. The Kier molecular flexibility index (Phi) is 3.29. The van der Waals surface area contributed by atoms with Gasteiger partial charge in [-0.3, -0.25) is 9.59 Å². The highest BCUT2D eigenvalue weighted by Gasteiger charge is 2.06. The van der Waals surface area contributed by atoms with Crippen molar-refractivity contribution < 1.29 is 4.79 Å². The average Bonchev–Trinajstić information content (AvgIpc) is 2.15. The molecule has 0 unspecified atom stereocenters. The van der Waals surface area contributed by atoms with Crippen molar-refractivity contribution in [1.82, 2.24) is 15.5 Å².